The van der Waals surface area contributed by atoms with Gasteiger partial charge in [0.2, 0.25) is 0 Å². The van der Waals surface area contributed by atoms with Crippen molar-refractivity contribution in [1.29, 1.82) is 0 Å². The van der Waals surface area contributed by atoms with Gasteiger partial charge in [0.25, 0.3) is 11.8 Å². The van der Waals surface area contributed by atoms with E-state index >= 15 is 0 Å². The molecule has 0 aliphatic carbocycles. The fourth-order valence-corrected chi connectivity index (χ4v) is 3.63. The van der Waals surface area contributed by atoms with E-state index in [1.807, 2.05) is 4.90 Å². The average Bonchev–Trinajstić information content (AvgIpc) is 2.69. The SMILES string of the molecule is CCCC(F)(F)c1cc(Oc2cccc(CN3CCC(F)(F)CC3)c2)cc(C(F)(F)F)c1. The van der Waals surface area contributed by atoms with Gasteiger partial charge >= 0.3 is 6.18 Å². The third kappa shape index (κ3) is 6.37. The van der Waals surface area contributed by atoms with E-state index in [0.717, 1.165) is 11.6 Å². The van der Waals surface area contributed by atoms with Crippen molar-refractivity contribution in [3.63, 3.8) is 0 Å². The Labute approximate surface area is 182 Å². The lowest BCUT2D eigenvalue weighted by Crippen LogP contribution is -2.38. The summed E-state index contributed by atoms with van der Waals surface area (Å²) in [4.78, 5) is 1.85. The summed E-state index contributed by atoms with van der Waals surface area (Å²) in [6.45, 7) is 2.34. The number of halogens is 7. The summed E-state index contributed by atoms with van der Waals surface area (Å²) in [5.41, 5.74) is -1.25. The first-order valence-electron chi connectivity index (χ1n) is 10.4. The number of piperidine rings is 1. The van der Waals surface area contributed by atoms with Crippen molar-refractivity contribution in [3.05, 3.63) is 59.2 Å². The van der Waals surface area contributed by atoms with Gasteiger partial charge in [-0.25, -0.2) is 17.6 Å². The molecular formula is C23H24F7NO. The predicted octanol–water partition coefficient (Wildman–Crippen LogP) is 7.62. The fraction of sp³-hybridized carbons (Fsp3) is 0.478. The Morgan fingerprint density at radius 2 is 1.56 bits per heavy atom. The number of alkyl halides is 7. The maximum Gasteiger partial charge on any atom is 0.416 e. The van der Waals surface area contributed by atoms with E-state index < -0.39 is 35.6 Å². The molecule has 9 heteroatoms. The molecule has 2 nitrogen and oxygen atoms in total. The van der Waals surface area contributed by atoms with Crippen LogP contribution in [0, 0.1) is 0 Å². The van der Waals surface area contributed by atoms with Crippen molar-refractivity contribution < 1.29 is 35.5 Å². The summed E-state index contributed by atoms with van der Waals surface area (Å²) in [5, 5.41) is 0. The Kier molecular flexibility index (Phi) is 7.07. The van der Waals surface area contributed by atoms with Crippen LogP contribution in [-0.2, 0) is 18.6 Å². The smallest absolute Gasteiger partial charge is 0.416 e. The van der Waals surface area contributed by atoms with Crippen molar-refractivity contribution in [1.82, 2.24) is 4.90 Å². The lowest BCUT2D eigenvalue weighted by Gasteiger charge is -2.31. The predicted molar refractivity (Wildman–Crippen MR) is 106 cm³/mol. The Hall–Kier alpha value is -2.29. The van der Waals surface area contributed by atoms with Gasteiger partial charge in [0.05, 0.1) is 5.56 Å². The largest absolute Gasteiger partial charge is 0.457 e. The Morgan fingerprint density at radius 1 is 0.906 bits per heavy atom. The van der Waals surface area contributed by atoms with Crippen molar-refractivity contribution in [3.8, 4) is 11.5 Å². The number of hydrogen-bond donors (Lipinski definition) is 0. The molecule has 0 unspecified atom stereocenters. The minimum Gasteiger partial charge on any atom is -0.457 e. The lowest BCUT2D eigenvalue weighted by molar-refractivity contribution is -0.138. The molecule has 0 radical (unpaired) electrons. The molecule has 2 aromatic carbocycles. The fourth-order valence-electron chi connectivity index (χ4n) is 3.63. The molecule has 0 amide bonds. The molecule has 32 heavy (non-hydrogen) atoms. The maximum atomic E-state index is 14.3. The molecule has 0 spiro atoms. The van der Waals surface area contributed by atoms with Crippen LogP contribution in [0.4, 0.5) is 30.7 Å². The van der Waals surface area contributed by atoms with Gasteiger partial charge in [0, 0.05) is 44.5 Å². The van der Waals surface area contributed by atoms with E-state index in [2.05, 4.69) is 0 Å². The average molecular weight is 463 g/mol. The zero-order valence-electron chi connectivity index (χ0n) is 17.5. The van der Waals surface area contributed by atoms with Gasteiger partial charge < -0.3 is 4.74 Å². The van der Waals surface area contributed by atoms with Crippen LogP contribution < -0.4 is 4.74 Å². The van der Waals surface area contributed by atoms with Crippen LogP contribution in [0.1, 0.15) is 49.3 Å². The highest BCUT2D eigenvalue weighted by atomic mass is 19.4. The first-order valence-corrected chi connectivity index (χ1v) is 10.4. The monoisotopic (exact) mass is 463 g/mol. The Bertz CT molecular complexity index is 917. The minimum atomic E-state index is -4.81. The van der Waals surface area contributed by atoms with Gasteiger partial charge in [-0.05, 0) is 35.9 Å². The molecule has 0 bridgehead atoms. The summed E-state index contributed by atoms with van der Waals surface area (Å²) >= 11 is 0. The molecular weight excluding hydrogens is 439 g/mol. The molecule has 2 aromatic rings. The summed E-state index contributed by atoms with van der Waals surface area (Å²) in [7, 11) is 0. The summed E-state index contributed by atoms with van der Waals surface area (Å²) in [6, 6.07) is 8.48. The van der Waals surface area contributed by atoms with Crippen LogP contribution >= 0.6 is 0 Å². The molecule has 1 aliphatic rings. The highest BCUT2D eigenvalue weighted by Gasteiger charge is 2.37. The second-order valence-electron chi connectivity index (χ2n) is 8.08. The molecule has 1 saturated heterocycles. The number of rotatable bonds is 7. The molecule has 0 saturated carbocycles. The number of nitrogens with zero attached hydrogens (tertiary/aromatic N) is 1. The highest BCUT2D eigenvalue weighted by molar-refractivity contribution is 5.41. The molecule has 176 valence electrons. The van der Waals surface area contributed by atoms with Crippen LogP contribution in [0.5, 0.6) is 11.5 Å². The Balaban J connectivity index is 1.81. The van der Waals surface area contributed by atoms with Crippen LogP contribution in [0.3, 0.4) is 0 Å². The van der Waals surface area contributed by atoms with Gasteiger partial charge in [0.15, 0.2) is 0 Å². The van der Waals surface area contributed by atoms with Crippen LogP contribution in [-0.4, -0.2) is 23.9 Å². The summed E-state index contributed by atoms with van der Waals surface area (Å²) < 4.78 is 101. The molecule has 0 atom stereocenters. The van der Waals surface area contributed by atoms with Gasteiger partial charge in [0.1, 0.15) is 11.5 Å². The first kappa shape index (κ1) is 24.4. The Morgan fingerprint density at radius 3 is 2.19 bits per heavy atom. The second kappa shape index (κ2) is 9.29. The van der Waals surface area contributed by atoms with Gasteiger partial charge in [-0.2, -0.15) is 13.2 Å². The molecule has 0 N–H and O–H groups in total. The zero-order chi connectivity index (χ0) is 23.6. The van der Waals surface area contributed by atoms with E-state index in [1.165, 1.54) is 13.0 Å². The zero-order valence-corrected chi connectivity index (χ0v) is 17.5. The highest BCUT2D eigenvalue weighted by Crippen LogP contribution is 2.40. The van der Waals surface area contributed by atoms with Crippen molar-refractivity contribution >= 4 is 0 Å². The van der Waals surface area contributed by atoms with Crippen molar-refractivity contribution in [2.75, 3.05) is 13.1 Å². The van der Waals surface area contributed by atoms with Gasteiger partial charge in [-0.1, -0.05) is 25.5 Å². The normalized spacial score (nSPS) is 17.4. The molecule has 0 aromatic heterocycles. The molecule has 1 fully saturated rings. The molecule has 1 heterocycles. The van der Waals surface area contributed by atoms with Crippen molar-refractivity contribution in [2.24, 2.45) is 0 Å². The topological polar surface area (TPSA) is 12.5 Å². The summed E-state index contributed by atoms with van der Waals surface area (Å²) in [5.74, 6) is -6.26. The van der Waals surface area contributed by atoms with E-state index in [9.17, 15) is 30.7 Å². The third-order valence-corrected chi connectivity index (χ3v) is 5.35. The minimum absolute atomic E-state index is 0.101. The van der Waals surface area contributed by atoms with Crippen LogP contribution in [0.15, 0.2) is 42.5 Å². The number of hydrogen-bond acceptors (Lipinski definition) is 2. The third-order valence-electron chi connectivity index (χ3n) is 5.35. The number of likely N-dealkylation sites (tertiary alicyclic amines) is 1. The summed E-state index contributed by atoms with van der Waals surface area (Å²) in [6.07, 6.45) is -5.76. The van der Waals surface area contributed by atoms with Crippen LogP contribution in [0.25, 0.3) is 0 Å². The first-order chi connectivity index (χ1) is 14.9. The molecule has 3 rings (SSSR count). The lowest BCUT2D eigenvalue weighted by atomic mass is 10.0. The second-order valence-corrected chi connectivity index (χ2v) is 8.08. The van der Waals surface area contributed by atoms with E-state index in [4.69, 9.17) is 4.74 Å². The van der Waals surface area contributed by atoms with Crippen molar-refractivity contribution in [2.45, 2.75) is 57.2 Å². The molecule has 1 aliphatic heterocycles. The quantitative estimate of drug-likeness (QED) is 0.392. The van der Waals surface area contributed by atoms with E-state index in [1.54, 1.807) is 18.2 Å². The van der Waals surface area contributed by atoms with Gasteiger partial charge in [-0.3, -0.25) is 4.90 Å². The van der Waals surface area contributed by atoms with Gasteiger partial charge in [-0.15, -0.1) is 0 Å². The van der Waals surface area contributed by atoms with E-state index in [0.29, 0.717) is 18.7 Å². The van der Waals surface area contributed by atoms with E-state index in [-0.39, 0.29) is 43.9 Å². The standard InChI is InChI=1S/C23H24F7NO/c1-2-6-22(26,27)17-12-18(23(28,29)30)14-20(13-17)32-19-5-3-4-16(11-19)15-31-9-7-21(24,25)8-10-31/h3-5,11-14H,2,6-10,15H2,1H3. The van der Waals surface area contributed by atoms with Crippen LogP contribution in [0.2, 0.25) is 0 Å². The number of ether oxygens (including phenoxy) is 1. The maximum absolute atomic E-state index is 14.3. The number of benzene rings is 2.